The Morgan fingerprint density at radius 2 is 2.03 bits per heavy atom. The number of nitrogens with zero attached hydrogens (tertiary/aromatic N) is 6. The molecule has 0 aliphatic carbocycles. The van der Waals surface area contributed by atoms with Crippen molar-refractivity contribution in [3.8, 4) is 17.1 Å². The molecule has 13 heteroatoms. The van der Waals surface area contributed by atoms with Gasteiger partial charge in [-0.2, -0.15) is 5.10 Å². The number of aromatic nitrogens is 5. The number of carbonyl (C=O) groups excluding carboxylic acids is 1. The van der Waals surface area contributed by atoms with E-state index < -0.39 is 29.7 Å². The lowest BCUT2D eigenvalue weighted by Gasteiger charge is -2.36. The number of methoxy groups -OCH3 is 1. The van der Waals surface area contributed by atoms with Crippen molar-refractivity contribution in [3.05, 3.63) is 30.0 Å². The smallest absolute Gasteiger partial charge is 0.410 e. The average molecular weight is 518 g/mol. The minimum atomic E-state index is -1.26. The third-order valence-corrected chi connectivity index (χ3v) is 6.21. The number of hydrogen-bond donors (Lipinski definition) is 1. The van der Waals surface area contributed by atoms with Gasteiger partial charge in [0.15, 0.2) is 11.5 Å². The Hall–Kier alpha value is -3.61. The number of anilines is 1. The molecule has 37 heavy (non-hydrogen) atoms. The minimum absolute atomic E-state index is 0.0196. The summed E-state index contributed by atoms with van der Waals surface area (Å²) in [6, 6.07) is 0.929. The lowest BCUT2D eigenvalue weighted by atomic mass is 10.0. The first-order valence-electron chi connectivity index (χ1n) is 12.0. The molecule has 0 saturated carbocycles. The molecule has 0 bridgehead atoms. The Balaban J connectivity index is 1.41. The van der Waals surface area contributed by atoms with E-state index in [4.69, 9.17) is 14.2 Å². The van der Waals surface area contributed by atoms with Crippen LogP contribution in [-0.2, 0) is 9.47 Å². The molecule has 3 aromatic heterocycles. The molecule has 0 spiro atoms. The highest BCUT2D eigenvalue weighted by Gasteiger charge is 2.34. The summed E-state index contributed by atoms with van der Waals surface area (Å²) in [4.78, 5) is 26.6. The normalized spacial score (nSPS) is 20.5. The molecular formula is C24H29F2N7O4. The largest absolute Gasteiger partial charge is 0.495 e. The maximum atomic E-state index is 14.9. The summed E-state index contributed by atoms with van der Waals surface area (Å²) in [7, 11) is 1.55. The van der Waals surface area contributed by atoms with Gasteiger partial charge in [-0.3, -0.25) is 0 Å². The Morgan fingerprint density at radius 3 is 2.70 bits per heavy atom. The highest BCUT2D eigenvalue weighted by Crippen LogP contribution is 2.32. The molecule has 11 nitrogen and oxygen atoms in total. The van der Waals surface area contributed by atoms with E-state index in [9.17, 15) is 13.6 Å². The fourth-order valence-electron chi connectivity index (χ4n) is 4.25. The van der Waals surface area contributed by atoms with Crippen LogP contribution in [-0.4, -0.2) is 86.8 Å². The molecule has 0 unspecified atom stereocenters. The maximum Gasteiger partial charge on any atom is 0.410 e. The lowest BCUT2D eigenvalue weighted by Crippen LogP contribution is -2.52. The molecule has 1 N–H and O–H groups in total. The maximum absolute atomic E-state index is 14.9. The van der Waals surface area contributed by atoms with Crippen LogP contribution < -0.4 is 10.1 Å². The molecule has 0 aromatic carbocycles. The lowest BCUT2D eigenvalue weighted by molar-refractivity contribution is 0.00529. The van der Waals surface area contributed by atoms with E-state index in [1.165, 1.54) is 15.6 Å². The second-order valence-corrected chi connectivity index (χ2v) is 10.1. The van der Waals surface area contributed by atoms with Crippen LogP contribution in [0, 0.1) is 5.82 Å². The number of imidazole rings is 1. The monoisotopic (exact) mass is 517 g/mol. The second-order valence-electron chi connectivity index (χ2n) is 10.1. The summed E-state index contributed by atoms with van der Waals surface area (Å²) < 4.78 is 47.4. The number of piperidine rings is 1. The van der Waals surface area contributed by atoms with Crippen molar-refractivity contribution in [1.82, 2.24) is 29.5 Å². The van der Waals surface area contributed by atoms with Crippen molar-refractivity contribution < 1.29 is 27.8 Å². The first-order chi connectivity index (χ1) is 17.6. The SMILES string of the molecule is COc1cc2ncc(-c3nc(N[C@H]4CN(C(=O)OC(C)(C)C)CC[C@@H]4F)ncc3F)n2nc1C1COC1. The molecule has 2 atom stereocenters. The molecule has 5 rings (SSSR count). The fraction of sp³-hybridized carbons (Fsp3) is 0.542. The Kier molecular flexibility index (Phi) is 6.56. The van der Waals surface area contributed by atoms with Gasteiger partial charge < -0.3 is 24.4 Å². The first kappa shape index (κ1) is 25.1. The molecule has 2 saturated heterocycles. The van der Waals surface area contributed by atoms with E-state index in [-0.39, 0.29) is 37.1 Å². The standard InChI is InChI=1S/C24H29F2N7O4/c1-24(2,3)37-23(34)32-6-5-14(25)16(10-32)29-22-28-8-15(26)21(30-22)17-9-27-19-7-18(35-4)20(31-33(17)19)13-11-36-12-13/h7-9,13-14,16H,5-6,10-12H2,1-4H3,(H,28,29,30)/t14-,16-/m0/s1. The van der Waals surface area contributed by atoms with Gasteiger partial charge in [-0.1, -0.05) is 0 Å². The summed E-state index contributed by atoms with van der Waals surface area (Å²) >= 11 is 0. The topological polar surface area (TPSA) is 116 Å². The Morgan fingerprint density at radius 1 is 1.24 bits per heavy atom. The van der Waals surface area contributed by atoms with E-state index >= 15 is 0 Å². The molecule has 2 aliphatic rings. The Labute approximate surface area is 212 Å². The molecule has 1 amide bonds. The van der Waals surface area contributed by atoms with Gasteiger partial charge in [0.1, 0.15) is 34.6 Å². The van der Waals surface area contributed by atoms with Crippen LogP contribution in [0.3, 0.4) is 0 Å². The highest BCUT2D eigenvalue weighted by molar-refractivity contribution is 5.68. The summed E-state index contributed by atoms with van der Waals surface area (Å²) in [5.74, 6) is -0.0347. The number of amides is 1. The van der Waals surface area contributed by atoms with Crippen molar-refractivity contribution >= 4 is 17.7 Å². The van der Waals surface area contributed by atoms with Gasteiger partial charge >= 0.3 is 6.09 Å². The summed E-state index contributed by atoms with van der Waals surface area (Å²) in [6.07, 6.45) is 0.814. The zero-order valence-corrected chi connectivity index (χ0v) is 21.1. The van der Waals surface area contributed by atoms with Gasteiger partial charge in [0.2, 0.25) is 5.95 Å². The van der Waals surface area contributed by atoms with Crippen molar-refractivity contribution in [2.24, 2.45) is 0 Å². The number of alkyl halides is 1. The number of halogens is 2. The van der Waals surface area contributed by atoms with E-state index in [0.717, 1.165) is 6.20 Å². The summed E-state index contributed by atoms with van der Waals surface area (Å²) in [6.45, 7) is 6.62. The fourth-order valence-corrected chi connectivity index (χ4v) is 4.25. The Bertz CT molecular complexity index is 1310. The number of ether oxygens (including phenoxy) is 3. The van der Waals surface area contributed by atoms with Crippen LogP contribution in [0.5, 0.6) is 5.75 Å². The third-order valence-electron chi connectivity index (χ3n) is 6.21. The van der Waals surface area contributed by atoms with Crippen LogP contribution >= 0.6 is 0 Å². The number of likely N-dealkylation sites (tertiary alicyclic amines) is 1. The predicted octanol–water partition coefficient (Wildman–Crippen LogP) is 3.21. The van der Waals surface area contributed by atoms with Gasteiger partial charge in [-0.05, 0) is 27.2 Å². The van der Waals surface area contributed by atoms with Crippen molar-refractivity contribution in [2.75, 3.05) is 38.7 Å². The van der Waals surface area contributed by atoms with E-state index in [1.54, 1.807) is 33.9 Å². The van der Waals surface area contributed by atoms with Gasteiger partial charge in [0.25, 0.3) is 0 Å². The van der Waals surface area contributed by atoms with Crippen LogP contribution in [0.4, 0.5) is 19.5 Å². The van der Waals surface area contributed by atoms with E-state index in [1.807, 2.05) is 0 Å². The minimum Gasteiger partial charge on any atom is -0.495 e. The molecule has 198 valence electrons. The van der Waals surface area contributed by atoms with Gasteiger partial charge in [-0.15, -0.1) is 0 Å². The van der Waals surface area contributed by atoms with Crippen molar-refractivity contribution in [2.45, 2.75) is 50.9 Å². The molecular weight excluding hydrogens is 488 g/mol. The summed E-state index contributed by atoms with van der Waals surface area (Å²) in [5.41, 5.74) is 0.719. The van der Waals surface area contributed by atoms with E-state index in [0.29, 0.717) is 36.0 Å². The van der Waals surface area contributed by atoms with Crippen molar-refractivity contribution in [3.63, 3.8) is 0 Å². The van der Waals surface area contributed by atoms with Gasteiger partial charge in [-0.25, -0.2) is 33.0 Å². The molecule has 2 aliphatic heterocycles. The quantitative estimate of drug-likeness (QED) is 0.545. The summed E-state index contributed by atoms with van der Waals surface area (Å²) in [5, 5.41) is 7.57. The number of fused-ring (bicyclic) bond motifs is 1. The zero-order chi connectivity index (χ0) is 26.3. The van der Waals surface area contributed by atoms with Crippen LogP contribution in [0.2, 0.25) is 0 Å². The van der Waals surface area contributed by atoms with Crippen LogP contribution in [0.25, 0.3) is 17.0 Å². The predicted molar refractivity (Wildman–Crippen MR) is 129 cm³/mol. The van der Waals surface area contributed by atoms with Crippen molar-refractivity contribution in [1.29, 1.82) is 0 Å². The van der Waals surface area contributed by atoms with Crippen LogP contribution in [0.15, 0.2) is 18.5 Å². The van der Waals surface area contributed by atoms with Gasteiger partial charge in [0, 0.05) is 19.2 Å². The van der Waals surface area contributed by atoms with Crippen LogP contribution in [0.1, 0.15) is 38.8 Å². The average Bonchev–Trinajstić information content (AvgIpc) is 3.21. The number of carbonyl (C=O) groups is 1. The second kappa shape index (κ2) is 9.69. The zero-order valence-electron chi connectivity index (χ0n) is 21.1. The highest BCUT2D eigenvalue weighted by atomic mass is 19.1. The number of rotatable bonds is 5. The first-order valence-corrected chi connectivity index (χ1v) is 12.0. The van der Waals surface area contributed by atoms with E-state index in [2.05, 4.69) is 25.4 Å². The number of hydrogen-bond acceptors (Lipinski definition) is 9. The number of nitrogens with one attached hydrogen (secondary N) is 1. The molecule has 0 radical (unpaired) electrons. The third kappa shape index (κ3) is 5.13. The molecule has 3 aromatic rings. The van der Waals surface area contributed by atoms with Gasteiger partial charge in [0.05, 0.1) is 44.7 Å². The molecule has 5 heterocycles. The molecule has 2 fully saturated rings.